The van der Waals surface area contributed by atoms with Gasteiger partial charge in [0.15, 0.2) is 6.10 Å². The summed E-state index contributed by atoms with van der Waals surface area (Å²) in [6.07, 6.45) is 3.26. The van der Waals surface area contributed by atoms with Gasteiger partial charge in [-0.05, 0) is 44.4 Å². The fraction of sp³-hybridized carbons (Fsp3) is 0.421. The van der Waals surface area contributed by atoms with Crippen LogP contribution in [-0.4, -0.2) is 41.2 Å². The first-order chi connectivity index (χ1) is 12.6. The summed E-state index contributed by atoms with van der Waals surface area (Å²) in [6.45, 7) is 4.66. The van der Waals surface area contributed by atoms with Crippen LogP contribution < -0.4 is 15.0 Å². The van der Waals surface area contributed by atoms with E-state index in [0.717, 1.165) is 24.2 Å². The number of amides is 2. The Morgan fingerprint density at radius 1 is 1.38 bits per heavy atom. The molecule has 0 saturated heterocycles. The second-order valence-corrected chi connectivity index (χ2v) is 6.44. The summed E-state index contributed by atoms with van der Waals surface area (Å²) in [6, 6.07) is 7.40. The number of carbonyl (C=O) groups is 2. The van der Waals surface area contributed by atoms with Gasteiger partial charge < -0.3 is 15.0 Å². The molecule has 7 heteroatoms. The molecule has 3 rings (SSSR count). The second-order valence-electron chi connectivity index (χ2n) is 6.44. The lowest BCUT2D eigenvalue weighted by molar-refractivity contribution is -0.125. The Kier molecular flexibility index (Phi) is 5.55. The van der Waals surface area contributed by atoms with Crippen molar-refractivity contribution < 1.29 is 14.3 Å². The van der Waals surface area contributed by atoms with Gasteiger partial charge in [0.05, 0.1) is 11.9 Å². The summed E-state index contributed by atoms with van der Waals surface area (Å²) >= 11 is 0. The minimum Gasteiger partial charge on any atom is -0.479 e. The fourth-order valence-electron chi connectivity index (χ4n) is 3.03. The quantitative estimate of drug-likeness (QED) is 0.743. The first-order valence-electron chi connectivity index (χ1n) is 8.89. The molecule has 0 aliphatic carbocycles. The van der Waals surface area contributed by atoms with Gasteiger partial charge in [0, 0.05) is 25.2 Å². The van der Waals surface area contributed by atoms with Crippen LogP contribution in [-0.2, 0) is 16.0 Å². The molecule has 1 unspecified atom stereocenters. The zero-order valence-electron chi connectivity index (χ0n) is 15.1. The van der Waals surface area contributed by atoms with Gasteiger partial charge in [-0.1, -0.05) is 12.1 Å². The van der Waals surface area contributed by atoms with Crippen LogP contribution in [0.1, 0.15) is 31.0 Å². The van der Waals surface area contributed by atoms with Crippen LogP contribution in [0.5, 0.6) is 5.75 Å². The van der Waals surface area contributed by atoms with Crippen LogP contribution in [0.4, 0.5) is 5.69 Å². The summed E-state index contributed by atoms with van der Waals surface area (Å²) in [7, 11) is 0. The number of aromatic nitrogens is 2. The van der Waals surface area contributed by atoms with Crippen molar-refractivity contribution in [2.75, 3.05) is 18.0 Å². The Labute approximate surface area is 152 Å². The number of benzene rings is 1. The number of hydrogen-bond donors (Lipinski definition) is 2. The van der Waals surface area contributed by atoms with Crippen LogP contribution in [0, 0.1) is 6.92 Å². The number of aromatic amines is 1. The van der Waals surface area contributed by atoms with Crippen LogP contribution in [0.2, 0.25) is 0 Å². The molecule has 2 amide bonds. The van der Waals surface area contributed by atoms with Gasteiger partial charge in [-0.3, -0.25) is 14.7 Å². The number of nitrogens with zero attached hydrogens (tertiary/aromatic N) is 2. The van der Waals surface area contributed by atoms with E-state index in [1.54, 1.807) is 11.8 Å². The van der Waals surface area contributed by atoms with E-state index in [1.165, 1.54) is 5.56 Å². The van der Waals surface area contributed by atoms with Gasteiger partial charge >= 0.3 is 0 Å². The zero-order chi connectivity index (χ0) is 18.5. The molecule has 0 bridgehead atoms. The van der Waals surface area contributed by atoms with Crippen LogP contribution in [0.25, 0.3) is 0 Å². The summed E-state index contributed by atoms with van der Waals surface area (Å²) < 4.78 is 5.61. The number of fused-ring (bicyclic) bond motifs is 1. The third-order valence-corrected chi connectivity index (χ3v) is 4.52. The van der Waals surface area contributed by atoms with Crippen molar-refractivity contribution in [2.24, 2.45) is 0 Å². The summed E-state index contributed by atoms with van der Waals surface area (Å²) in [5.41, 5.74) is 2.96. The summed E-state index contributed by atoms with van der Waals surface area (Å²) in [5.74, 6) is 0.501. The lowest BCUT2D eigenvalue weighted by atomic mass is 10.1. The summed E-state index contributed by atoms with van der Waals surface area (Å²) in [5, 5.41) is 9.81. The Morgan fingerprint density at radius 2 is 2.19 bits per heavy atom. The van der Waals surface area contributed by atoms with Gasteiger partial charge in [0.1, 0.15) is 5.75 Å². The number of anilines is 1. The molecule has 2 heterocycles. The van der Waals surface area contributed by atoms with Crippen molar-refractivity contribution in [3.05, 3.63) is 41.7 Å². The molecule has 26 heavy (non-hydrogen) atoms. The first kappa shape index (κ1) is 18.0. The van der Waals surface area contributed by atoms with Crippen LogP contribution in [0.15, 0.2) is 30.5 Å². The fourth-order valence-corrected chi connectivity index (χ4v) is 3.03. The van der Waals surface area contributed by atoms with E-state index < -0.39 is 6.10 Å². The van der Waals surface area contributed by atoms with E-state index in [9.17, 15) is 9.59 Å². The number of H-pyrrole nitrogens is 1. The third kappa shape index (κ3) is 4.04. The molecule has 1 aliphatic heterocycles. The smallest absolute Gasteiger partial charge is 0.267 e. The van der Waals surface area contributed by atoms with Crippen molar-refractivity contribution in [3.63, 3.8) is 0 Å². The molecular weight excluding hydrogens is 332 g/mol. The van der Waals surface area contributed by atoms with Gasteiger partial charge in [-0.25, -0.2) is 0 Å². The highest BCUT2D eigenvalue weighted by Crippen LogP contribution is 2.33. The van der Waals surface area contributed by atoms with E-state index in [0.29, 0.717) is 18.8 Å². The molecule has 0 fully saturated rings. The highest BCUT2D eigenvalue weighted by molar-refractivity contribution is 6.00. The van der Waals surface area contributed by atoms with Crippen molar-refractivity contribution in [2.45, 2.75) is 39.2 Å². The molecular formula is C19H24N4O3. The van der Waals surface area contributed by atoms with Gasteiger partial charge in [0.25, 0.3) is 5.91 Å². The lowest BCUT2D eigenvalue weighted by Crippen LogP contribution is -2.45. The molecule has 1 aliphatic rings. The maximum absolute atomic E-state index is 12.4. The highest BCUT2D eigenvalue weighted by Gasteiger charge is 2.31. The maximum atomic E-state index is 12.4. The van der Waals surface area contributed by atoms with Gasteiger partial charge in [-0.2, -0.15) is 5.10 Å². The number of carbonyl (C=O) groups excluding carboxylic acids is 2. The third-order valence-electron chi connectivity index (χ3n) is 4.52. The normalized spacial score (nSPS) is 16.2. The topological polar surface area (TPSA) is 87.3 Å². The number of hydrogen-bond acceptors (Lipinski definition) is 4. The van der Waals surface area contributed by atoms with Gasteiger partial charge in [-0.15, -0.1) is 0 Å². The molecule has 0 radical (unpaired) electrons. The minimum atomic E-state index is -0.536. The number of rotatable bonds is 7. The highest BCUT2D eigenvalue weighted by atomic mass is 16.5. The number of para-hydroxylation sites is 2. The average Bonchev–Trinajstić information content (AvgIpc) is 3.04. The van der Waals surface area contributed by atoms with Crippen molar-refractivity contribution >= 4 is 17.5 Å². The average molecular weight is 356 g/mol. The number of ether oxygens (including phenoxy) is 1. The standard InChI is InChI=1S/C19H24N4O3/c1-13-15(12-21-22-13)6-5-10-20-18(24)9-11-23-16-7-3-4-8-17(16)26-14(2)19(23)25/h3-4,7-8,12,14H,5-6,9-11H2,1-2H3,(H,20,24)(H,21,22). The molecule has 138 valence electrons. The van der Waals surface area contributed by atoms with E-state index in [-0.39, 0.29) is 18.2 Å². The molecule has 0 spiro atoms. The Balaban J connectivity index is 1.46. The largest absolute Gasteiger partial charge is 0.479 e. The number of nitrogens with one attached hydrogen (secondary N) is 2. The molecule has 0 saturated carbocycles. The molecule has 2 N–H and O–H groups in total. The lowest BCUT2D eigenvalue weighted by Gasteiger charge is -2.32. The maximum Gasteiger partial charge on any atom is 0.267 e. The van der Waals surface area contributed by atoms with E-state index >= 15 is 0 Å². The van der Waals surface area contributed by atoms with E-state index in [2.05, 4.69) is 15.5 Å². The number of aryl methyl sites for hydroxylation is 2. The predicted octanol–water partition coefficient (Wildman–Crippen LogP) is 1.97. The molecule has 7 nitrogen and oxygen atoms in total. The monoisotopic (exact) mass is 356 g/mol. The van der Waals surface area contributed by atoms with E-state index in [4.69, 9.17) is 4.74 Å². The second kappa shape index (κ2) is 8.03. The van der Waals surface area contributed by atoms with Crippen molar-refractivity contribution in [1.82, 2.24) is 15.5 Å². The SMILES string of the molecule is Cc1[nH]ncc1CCCNC(=O)CCN1C(=O)C(C)Oc2ccccc21. The van der Waals surface area contributed by atoms with Gasteiger partial charge in [0.2, 0.25) is 5.91 Å². The molecule has 1 aromatic carbocycles. The van der Waals surface area contributed by atoms with Crippen LogP contribution in [0.3, 0.4) is 0 Å². The minimum absolute atomic E-state index is 0.0571. The van der Waals surface area contributed by atoms with Crippen molar-refractivity contribution in [1.29, 1.82) is 0 Å². The Morgan fingerprint density at radius 3 is 2.96 bits per heavy atom. The molecule has 2 aromatic rings. The van der Waals surface area contributed by atoms with Crippen LogP contribution >= 0.6 is 0 Å². The summed E-state index contributed by atoms with van der Waals surface area (Å²) in [4.78, 5) is 26.1. The van der Waals surface area contributed by atoms with Crippen molar-refractivity contribution in [3.8, 4) is 5.75 Å². The molecule has 1 atom stereocenters. The Bertz CT molecular complexity index is 787. The van der Waals surface area contributed by atoms with E-state index in [1.807, 2.05) is 37.4 Å². The Hall–Kier alpha value is -2.83. The predicted molar refractivity (Wildman–Crippen MR) is 98.2 cm³/mol. The zero-order valence-corrected chi connectivity index (χ0v) is 15.1. The first-order valence-corrected chi connectivity index (χ1v) is 8.89. The molecule has 1 aromatic heterocycles.